The first-order valence-electron chi connectivity index (χ1n) is 6.11. The molecule has 2 N–H and O–H groups in total. The summed E-state index contributed by atoms with van der Waals surface area (Å²) in [4.78, 5) is 11.7. The lowest BCUT2D eigenvalue weighted by Gasteiger charge is -2.18. The van der Waals surface area contributed by atoms with Gasteiger partial charge in [0, 0.05) is 10.7 Å². The Morgan fingerprint density at radius 3 is 2.58 bits per heavy atom. The summed E-state index contributed by atoms with van der Waals surface area (Å²) in [6.45, 7) is 0.294. The smallest absolute Gasteiger partial charge is 0.238 e. The summed E-state index contributed by atoms with van der Waals surface area (Å²) in [7, 11) is 0. The van der Waals surface area contributed by atoms with Crippen LogP contribution >= 0.6 is 11.6 Å². The van der Waals surface area contributed by atoms with Gasteiger partial charge in [0.05, 0.1) is 12.6 Å². The van der Waals surface area contributed by atoms with E-state index >= 15 is 0 Å². The van der Waals surface area contributed by atoms with Crippen molar-refractivity contribution in [2.45, 2.75) is 6.04 Å². The second kappa shape index (κ2) is 5.03. The molecule has 1 aliphatic rings. The molecule has 3 nitrogen and oxygen atoms in total. The zero-order valence-corrected chi connectivity index (χ0v) is 10.9. The molecular formula is C15H13ClN2O. The van der Waals surface area contributed by atoms with Crippen LogP contribution in [0.25, 0.3) is 0 Å². The van der Waals surface area contributed by atoms with Gasteiger partial charge in [-0.05, 0) is 29.3 Å². The number of rotatable bonds is 1. The largest absolute Gasteiger partial charge is 0.325 e. The van der Waals surface area contributed by atoms with Crippen molar-refractivity contribution in [1.82, 2.24) is 5.32 Å². The van der Waals surface area contributed by atoms with E-state index in [-0.39, 0.29) is 11.9 Å². The Hall–Kier alpha value is -1.84. The van der Waals surface area contributed by atoms with Gasteiger partial charge in [-0.25, -0.2) is 0 Å². The standard InChI is InChI=1S/C15H13ClN2O/c16-11-7-5-10(6-8-11)15-12-3-1-2-4-13(12)18-14(19)9-17-15/h1-8,15,17H,9H2,(H,18,19)/t15-/m0/s1. The van der Waals surface area contributed by atoms with E-state index in [1.165, 1.54) is 0 Å². The number of benzene rings is 2. The summed E-state index contributed by atoms with van der Waals surface area (Å²) in [6.07, 6.45) is 0. The van der Waals surface area contributed by atoms with Gasteiger partial charge in [-0.15, -0.1) is 0 Å². The Kier molecular flexibility index (Phi) is 3.23. The second-order valence-corrected chi connectivity index (χ2v) is 4.94. The fourth-order valence-corrected chi connectivity index (χ4v) is 2.44. The minimum absolute atomic E-state index is 0.00702. The van der Waals surface area contributed by atoms with Gasteiger partial charge in [-0.1, -0.05) is 41.9 Å². The number of hydrogen-bond acceptors (Lipinski definition) is 2. The van der Waals surface area contributed by atoms with Crippen molar-refractivity contribution in [3.63, 3.8) is 0 Å². The summed E-state index contributed by atoms with van der Waals surface area (Å²) in [5.74, 6) is -0.0242. The quantitative estimate of drug-likeness (QED) is 0.838. The molecule has 96 valence electrons. The summed E-state index contributed by atoms with van der Waals surface area (Å²) in [5.41, 5.74) is 3.02. The molecular weight excluding hydrogens is 260 g/mol. The number of hydrogen-bond donors (Lipinski definition) is 2. The molecule has 0 fully saturated rings. The maximum absolute atomic E-state index is 11.7. The molecule has 19 heavy (non-hydrogen) atoms. The fourth-order valence-electron chi connectivity index (χ4n) is 2.31. The van der Waals surface area contributed by atoms with Crippen molar-refractivity contribution < 1.29 is 4.79 Å². The lowest BCUT2D eigenvalue weighted by atomic mass is 9.97. The third-order valence-electron chi connectivity index (χ3n) is 3.22. The normalized spacial score (nSPS) is 18.4. The van der Waals surface area contributed by atoms with E-state index in [0.717, 1.165) is 16.8 Å². The lowest BCUT2D eigenvalue weighted by molar-refractivity contribution is -0.115. The first kappa shape index (κ1) is 12.2. The molecule has 3 rings (SSSR count). The molecule has 0 saturated heterocycles. The molecule has 1 atom stereocenters. The van der Waals surface area contributed by atoms with Gasteiger partial charge >= 0.3 is 0 Å². The first-order valence-corrected chi connectivity index (χ1v) is 6.49. The van der Waals surface area contributed by atoms with Crippen LogP contribution < -0.4 is 10.6 Å². The highest BCUT2D eigenvalue weighted by molar-refractivity contribution is 6.30. The number of para-hydroxylation sites is 1. The van der Waals surface area contributed by atoms with Gasteiger partial charge in [-0.3, -0.25) is 10.1 Å². The second-order valence-electron chi connectivity index (χ2n) is 4.50. The Labute approximate surface area is 116 Å². The van der Waals surface area contributed by atoms with Crippen LogP contribution in [0.1, 0.15) is 17.2 Å². The van der Waals surface area contributed by atoms with Crippen molar-refractivity contribution >= 4 is 23.2 Å². The van der Waals surface area contributed by atoms with Crippen molar-refractivity contribution in [2.24, 2.45) is 0 Å². The van der Waals surface area contributed by atoms with Crippen LogP contribution in [0.5, 0.6) is 0 Å². The zero-order chi connectivity index (χ0) is 13.2. The van der Waals surface area contributed by atoms with Crippen molar-refractivity contribution in [2.75, 3.05) is 11.9 Å². The van der Waals surface area contributed by atoms with Gasteiger partial charge in [0.1, 0.15) is 0 Å². The molecule has 2 aromatic rings. The van der Waals surface area contributed by atoms with E-state index in [1.807, 2.05) is 48.5 Å². The van der Waals surface area contributed by atoms with Crippen LogP contribution in [0.4, 0.5) is 5.69 Å². The van der Waals surface area contributed by atoms with Crippen LogP contribution in [0.2, 0.25) is 5.02 Å². The average Bonchev–Trinajstić information content (AvgIpc) is 2.58. The summed E-state index contributed by atoms with van der Waals surface area (Å²) in [5, 5.41) is 6.88. The average molecular weight is 273 g/mol. The SMILES string of the molecule is O=C1CN[C@@H](c2ccc(Cl)cc2)c2ccccc2N1. The van der Waals surface area contributed by atoms with E-state index in [0.29, 0.717) is 11.6 Å². The van der Waals surface area contributed by atoms with Gasteiger partial charge < -0.3 is 5.32 Å². The van der Waals surface area contributed by atoms with Crippen LogP contribution in [-0.2, 0) is 4.79 Å². The predicted molar refractivity (Wildman–Crippen MR) is 76.4 cm³/mol. The minimum atomic E-state index is -0.0242. The Morgan fingerprint density at radius 1 is 1.05 bits per heavy atom. The number of halogens is 1. The molecule has 4 heteroatoms. The van der Waals surface area contributed by atoms with Crippen LogP contribution in [-0.4, -0.2) is 12.5 Å². The van der Waals surface area contributed by atoms with E-state index in [2.05, 4.69) is 10.6 Å². The van der Waals surface area contributed by atoms with Crippen molar-refractivity contribution in [3.05, 3.63) is 64.7 Å². The van der Waals surface area contributed by atoms with Gasteiger partial charge in [0.25, 0.3) is 0 Å². The van der Waals surface area contributed by atoms with E-state index in [1.54, 1.807) is 0 Å². The highest BCUT2D eigenvalue weighted by Gasteiger charge is 2.22. The molecule has 0 aliphatic carbocycles. The third-order valence-corrected chi connectivity index (χ3v) is 3.47. The maximum Gasteiger partial charge on any atom is 0.238 e. The minimum Gasteiger partial charge on any atom is -0.325 e. The van der Waals surface area contributed by atoms with Crippen molar-refractivity contribution in [3.8, 4) is 0 Å². The fraction of sp³-hybridized carbons (Fsp3) is 0.133. The highest BCUT2D eigenvalue weighted by atomic mass is 35.5. The monoisotopic (exact) mass is 272 g/mol. The molecule has 1 amide bonds. The van der Waals surface area contributed by atoms with E-state index < -0.39 is 0 Å². The summed E-state index contributed by atoms with van der Waals surface area (Å²) >= 11 is 5.92. The molecule has 0 aromatic heterocycles. The molecule has 1 aliphatic heterocycles. The number of amides is 1. The van der Waals surface area contributed by atoms with Crippen molar-refractivity contribution in [1.29, 1.82) is 0 Å². The Bertz CT molecular complexity index is 610. The molecule has 2 aromatic carbocycles. The third kappa shape index (κ3) is 2.48. The predicted octanol–water partition coefficient (Wildman–Crippen LogP) is 2.97. The Morgan fingerprint density at radius 2 is 1.79 bits per heavy atom. The van der Waals surface area contributed by atoms with E-state index in [9.17, 15) is 4.79 Å². The van der Waals surface area contributed by atoms with Crippen LogP contribution in [0.15, 0.2) is 48.5 Å². The summed E-state index contributed by atoms with van der Waals surface area (Å²) < 4.78 is 0. The molecule has 0 saturated carbocycles. The molecule has 0 spiro atoms. The summed E-state index contributed by atoms with van der Waals surface area (Å²) in [6, 6.07) is 15.5. The molecule has 0 unspecified atom stereocenters. The number of nitrogens with one attached hydrogen (secondary N) is 2. The van der Waals surface area contributed by atoms with E-state index in [4.69, 9.17) is 11.6 Å². The highest BCUT2D eigenvalue weighted by Crippen LogP contribution is 2.30. The number of carbonyl (C=O) groups is 1. The lowest BCUT2D eigenvalue weighted by Crippen LogP contribution is -2.27. The van der Waals surface area contributed by atoms with Gasteiger partial charge in [0.15, 0.2) is 0 Å². The van der Waals surface area contributed by atoms with Crippen LogP contribution in [0.3, 0.4) is 0 Å². The Balaban J connectivity index is 2.06. The van der Waals surface area contributed by atoms with Gasteiger partial charge in [-0.2, -0.15) is 0 Å². The topological polar surface area (TPSA) is 41.1 Å². The molecule has 0 radical (unpaired) electrons. The maximum atomic E-state index is 11.7. The molecule has 1 heterocycles. The van der Waals surface area contributed by atoms with Gasteiger partial charge in [0.2, 0.25) is 5.91 Å². The zero-order valence-electron chi connectivity index (χ0n) is 10.2. The number of fused-ring (bicyclic) bond motifs is 1. The van der Waals surface area contributed by atoms with Crippen LogP contribution in [0, 0.1) is 0 Å². The number of anilines is 1. The number of carbonyl (C=O) groups excluding carboxylic acids is 1. The first-order chi connectivity index (χ1) is 9.24. The molecule has 0 bridgehead atoms.